The van der Waals surface area contributed by atoms with Gasteiger partial charge in [0.15, 0.2) is 11.5 Å². The molecule has 114 valence electrons. The zero-order valence-corrected chi connectivity index (χ0v) is 12.8. The quantitative estimate of drug-likeness (QED) is 0.867. The zero-order chi connectivity index (χ0) is 15.2. The fourth-order valence-electron chi connectivity index (χ4n) is 2.53. The van der Waals surface area contributed by atoms with Crippen molar-refractivity contribution >= 4 is 11.6 Å². The van der Waals surface area contributed by atoms with Crippen molar-refractivity contribution in [2.45, 2.75) is 32.6 Å². The molecule has 0 radical (unpaired) electrons. The minimum absolute atomic E-state index is 0.235. The number of amides is 1. The molecule has 1 aromatic rings. The molecule has 1 saturated carbocycles. The van der Waals surface area contributed by atoms with Gasteiger partial charge in [0, 0.05) is 11.3 Å². The maximum Gasteiger partial charge on any atom is 0.271 e. The summed E-state index contributed by atoms with van der Waals surface area (Å²) in [5.74, 6) is 1.54. The molecule has 0 spiro atoms. The first-order valence-electron chi connectivity index (χ1n) is 7.22. The molecule has 5 nitrogen and oxygen atoms in total. The van der Waals surface area contributed by atoms with Crippen LogP contribution in [0.25, 0.3) is 0 Å². The molecule has 1 aliphatic rings. The van der Waals surface area contributed by atoms with Crippen LogP contribution in [0.3, 0.4) is 0 Å². The molecule has 1 fully saturated rings. The number of hydrogen-bond acceptors (Lipinski definition) is 4. The van der Waals surface area contributed by atoms with Crippen LogP contribution >= 0.6 is 0 Å². The maximum atomic E-state index is 12.1. The van der Waals surface area contributed by atoms with Crippen LogP contribution in [-0.2, 0) is 0 Å². The Morgan fingerprint density at radius 3 is 2.71 bits per heavy atom. The van der Waals surface area contributed by atoms with Gasteiger partial charge in [-0.05, 0) is 49.8 Å². The first kappa shape index (κ1) is 15.4. The van der Waals surface area contributed by atoms with Crippen molar-refractivity contribution in [3.05, 3.63) is 23.8 Å². The zero-order valence-electron chi connectivity index (χ0n) is 12.8. The molecular weight excluding hydrogens is 268 g/mol. The predicted octanol–water partition coefficient (Wildman–Crippen LogP) is 3.00. The van der Waals surface area contributed by atoms with E-state index in [4.69, 9.17) is 9.47 Å². The van der Waals surface area contributed by atoms with Gasteiger partial charge in [-0.1, -0.05) is 6.92 Å². The summed E-state index contributed by atoms with van der Waals surface area (Å²) < 4.78 is 10.3. The standard InChI is InChI=1S/C16H22N2O3/c1-11-5-4-6-13(9-11)17-18-16(19)12-7-8-14(20-2)15(10-12)21-3/h7-8,10-11H,4-6,9H2,1-3H3,(H,18,19)/b17-13-/t11-/m0/s1. The Balaban J connectivity index is 2.04. The van der Waals surface area contributed by atoms with Crippen molar-refractivity contribution < 1.29 is 14.3 Å². The van der Waals surface area contributed by atoms with Crippen LogP contribution in [0.5, 0.6) is 11.5 Å². The average molecular weight is 290 g/mol. The van der Waals surface area contributed by atoms with Gasteiger partial charge in [0.1, 0.15) is 0 Å². The van der Waals surface area contributed by atoms with Gasteiger partial charge in [-0.15, -0.1) is 0 Å². The topological polar surface area (TPSA) is 59.9 Å². The van der Waals surface area contributed by atoms with E-state index in [2.05, 4.69) is 17.5 Å². The number of carbonyl (C=O) groups excluding carboxylic acids is 1. The van der Waals surface area contributed by atoms with Gasteiger partial charge in [0.25, 0.3) is 5.91 Å². The molecule has 5 heteroatoms. The lowest BCUT2D eigenvalue weighted by Gasteiger charge is -2.19. The number of benzene rings is 1. The van der Waals surface area contributed by atoms with Gasteiger partial charge < -0.3 is 9.47 Å². The minimum atomic E-state index is -0.235. The molecule has 0 heterocycles. The highest BCUT2D eigenvalue weighted by atomic mass is 16.5. The van der Waals surface area contributed by atoms with Crippen LogP contribution in [0.15, 0.2) is 23.3 Å². The van der Waals surface area contributed by atoms with Crippen LogP contribution in [-0.4, -0.2) is 25.8 Å². The monoisotopic (exact) mass is 290 g/mol. The smallest absolute Gasteiger partial charge is 0.271 e. The van der Waals surface area contributed by atoms with Crippen LogP contribution in [0.1, 0.15) is 43.0 Å². The van der Waals surface area contributed by atoms with E-state index in [9.17, 15) is 4.79 Å². The highest BCUT2D eigenvalue weighted by Gasteiger charge is 2.15. The van der Waals surface area contributed by atoms with Crippen molar-refractivity contribution in [2.75, 3.05) is 14.2 Å². The summed E-state index contributed by atoms with van der Waals surface area (Å²) in [4.78, 5) is 12.1. The Morgan fingerprint density at radius 2 is 2.05 bits per heavy atom. The summed E-state index contributed by atoms with van der Waals surface area (Å²) in [6, 6.07) is 5.06. The number of methoxy groups -OCH3 is 2. The molecule has 1 aliphatic carbocycles. The van der Waals surface area contributed by atoms with Gasteiger partial charge in [-0.2, -0.15) is 5.10 Å². The average Bonchev–Trinajstić information content (AvgIpc) is 2.52. The number of hydrazone groups is 1. The highest BCUT2D eigenvalue weighted by Crippen LogP contribution is 2.27. The molecule has 1 aromatic carbocycles. The molecule has 1 amide bonds. The predicted molar refractivity (Wildman–Crippen MR) is 82.1 cm³/mol. The molecule has 0 saturated heterocycles. The summed E-state index contributed by atoms with van der Waals surface area (Å²) in [7, 11) is 3.11. The Morgan fingerprint density at radius 1 is 1.29 bits per heavy atom. The number of ether oxygens (including phenoxy) is 2. The Labute approximate surface area is 125 Å². The minimum Gasteiger partial charge on any atom is -0.493 e. The largest absolute Gasteiger partial charge is 0.493 e. The van der Waals surface area contributed by atoms with Crippen LogP contribution in [0.2, 0.25) is 0 Å². The Hall–Kier alpha value is -2.04. The second kappa shape index (κ2) is 7.11. The van der Waals surface area contributed by atoms with Crippen LogP contribution in [0.4, 0.5) is 0 Å². The second-order valence-electron chi connectivity index (χ2n) is 5.39. The van der Waals surface area contributed by atoms with E-state index in [0.29, 0.717) is 23.0 Å². The number of nitrogens with one attached hydrogen (secondary N) is 1. The molecule has 0 bridgehead atoms. The van der Waals surface area contributed by atoms with E-state index >= 15 is 0 Å². The molecule has 21 heavy (non-hydrogen) atoms. The molecule has 0 aliphatic heterocycles. The van der Waals surface area contributed by atoms with E-state index < -0.39 is 0 Å². The number of rotatable bonds is 4. The SMILES string of the molecule is COc1ccc(C(=O)N/N=C2/CCC[C@H](C)C2)cc1OC. The van der Waals surface area contributed by atoms with Gasteiger partial charge in [-0.3, -0.25) is 4.79 Å². The van der Waals surface area contributed by atoms with E-state index in [0.717, 1.165) is 25.0 Å². The van der Waals surface area contributed by atoms with Crippen molar-refractivity contribution in [3.8, 4) is 11.5 Å². The lowest BCUT2D eigenvalue weighted by atomic mass is 9.89. The van der Waals surface area contributed by atoms with E-state index in [1.807, 2.05) is 0 Å². The third-order valence-corrected chi connectivity index (χ3v) is 3.71. The second-order valence-corrected chi connectivity index (χ2v) is 5.39. The van der Waals surface area contributed by atoms with Crippen molar-refractivity contribution in [1.82, 2.24) is 5.43 Å². The van der Waals surface area contributed by atoms with Crippen LogP contribution in [0, 0.1) is 5.92 Å². The maximum absolute atomic E-state index is 12.1. The molecular formula is C16H22N2O3. The lowest BCUT2D eigenvalue weighted by Crippen LogP contribution is -2.22. The van der Waals surface area contributed by atoms with Gasteiger partial charge in [-0.25, -0.2) is 5.43 Å². The van der Waals surface area contributed by atoms with Crippen molar-refractivity contribution in [3.63, 3.8) is 0 Å². The summed E-state index contributed by atoms with van der Waals surface area (Å²) in [6.45, 7) is 2.21. The van der Waals surface area contributed by atoms with Gasteiger partial charge >= 0.3 is 0 Å². The van der Waals surface area contributed by atoms with E-state index in [1.54, 1.807) is 32.4 Å². The number of nitrogens with zero attached hydrogens (tertiary/aromatic N) is 1. The third kappa shape index (κ3) is 3.97. The highest BCUT2D eigenvalue weighted by molar-refractivity contribution is 5.96. The normalized spacial score (nSPS) is 20.1. The summed E-state index contributed by atoms with van der Waals surface area (Å²) >= 11 is 0. The summed E-state index contributed by atoms with van der Waals surface area (Å²) in [6.07, 6.45) is 4.32. The number of carbonyl (C=O) groups is 1. The van der Waals surface area contributed by atoms with E-state index in [1.165, 1.54) is 6.42 Å². The van der Waals surface area contributed by atoms with Crippen molar-refractivity contribution in [1.29, 1.82) is 0 Å². The number of hydrogen-bond donors (Lipinski definition) is 1. The van der Waals surface area contributed by atoms with Crippen molar-refractivity contribution in [2.24, 2.45) is 11.0 Å². The molecule has 1 N–H and O–H groups in total. The summed E-state index contributed by atoms with van der Waals surface area (Å²) in [5.41, 5.74) is 4.20. The van der Waals surface area contributed by atoms with Gasteiger partial charge in [0.2, 0.25) is 0 Å². The third-order valence-electron chi connectivity index (χ3n) is 3.71. The molecule has 0 aromatic heterocycles. The van der Waals surface area contributed by atoms with E-state index in [-0.39, 0.29) is 5.91 Å². The Bertz CT molecular complexity index is 540. The first-order chi connectivity index (χ1) is 10.1. The first-order valence-corrected chi connectivity index (χ1v) is 7.22. The fourth-order valence-corrected chi connectivity index (χ4v) is 2.53. The summed E-state index contributed by atoms with van der Waals surface area (Å²) in [5, 5.41) is 4.25. The van der Waals surface area contributed by atoms with Gasteiger partial charge in [0.05, 0.1) is 14.2 Å². The molecule has 2 rings (SSSR count). The Kier molecular flexibility index (Phi) is 5.20. The fraction of sp³-hybridized carbons (Fsp3) is 0.500. The lowest BCUT2D eigenvalue weighted by molar-refractivity contribution is 0.0954. The molecule has 0 unspecified atom stereocenters. The van der Waals surface area contributed by atoms with Crippen LogP contribution < -0.4 is 14.9 Å². The molecule has 1 atom stereocenters.